The van der Waals surface area contributed by atoms with Crippen molar-refractivity contribution >= 4 is 6.21 Å². The van der Waals surface area contributed by atoms with Gasteiger partial charge in [-0.25, -0.2) is 0 Å². The second-order valence-corrected chi connectivity index (χ2v) is 3.58. The summed E-state index contributed by atoms with van der Waals surface area (Å²) in [5, 5.41) is 3.57. The number of hydrogen-bond acceptors (Lipinski definition) is 2. The molecule has 2 unspecified atom stereocenters. The first-order valence-electron chi connectivity index (χ1n) is 4.68. The molecule has 2 heterocycles. The molecule has 2 nitrogen and oxygen atoms in total. The second kappa shape index (κ2) is 3.35. The first kappa shape index (κ1) is 7.29. The molecule has 2 atom stereocenters. The molecule has 1 fully saturated rings. The van der Waals surface area contributed by atoms with E-state index in [4.69, 9.17) is 0 Å². The van der Waals surface area contributed by atoms with Crippen molar-refractivity contribution < 1.29 is 0 Å². The zero-order valence-corrected chi connectivity index (χ0v) is 6.92. The van der Waals surface area contributed by atoms with E-state index in [2.05, 4.69) is 16.5 Å². The van der Waals surface area contributed by atoms with Gasteiger partial charge in [0.1, 0.15) is 0 Å². The van der Waals surface area contributed by atoms with E-state index in [1.807, 2.05) is 0 Å². The highest BCUT2D eigenvalue weighted by molar-refractivity contribution is 5.58. The molecule has 1 saturated heterocycles. The van der Waals surface area contributed by atoms with Gasteiger partial charge in [0.2, 0.25) is 0 Å². The highest BCUT2D eigenvalue weighted by Crippen LogP contribution is 2.23. The number of fused-ring (bicyclic) bond motifs is 1. The Bertz CT molecular complexity index is 154. The quantitative estimate of drug-likeness (QED) is 0.554. The minimum atomic E-state index is 0.745. The number of hydrogen-bond donors (Lipinski definition) is 1. The van der Waals surface area contributed by atoms with E-state index in [9.17, 15) is 0 Å². The predicted octanol–water partition coefficient (Wildman–Crippen LogP) is 1.22. The van der Waals surface area contributed by atoms with E-state index in [0.29, 0.717) is 0 Å². The van der Waals surface area contributed by atoms with Crippen LogP contribution >= 0.6 is 0 Å². The van der Waals surface area contributed by atoms with Crippen molar-refractivity contribution in [1.82, 2.24) is 5.32 Å². The Morgan fingerprint density at radius 1 is 1.36 bits per heavy atom. The average Bonchev–Trinajstić information content (AvgIpc) is 2.28. The molecule has 0 amide bonds. The highest BCUT2D eigenvalue weighted by atomic mass is 14.9. The monoisotopic (exact) mass is 152 g/mol. The molecule has 11 heavy (non-hydrogen) atoms. The van der Waals surface area contributed by atoms with Gasteiger partial charge in [-0.05, 0) is 38.1 Å². The Morgan fingerprint density at radius 2 is 2.36 bits per heavy atom. The predicted molar refractivity (Wildman–Crippen MR) is 47.1 cm³/mol. The normalized spacial score (nSPS) is 37.8. The molecule has 0 aliphatic carbocycles. The van der Waals surface area contributed by atoms with Crippen molar-refractivity contribution in [3.05, 3.63) is 0 Å². The Hall–Kier alpha value is -0.370. The Morgan fingerprint density at radius 3 is 3.36 bits per heavy atom. The molecule has 0 spiro atoms. The molecule has 62 valence electrons. The van der Waals surface area contributed by atoms with Crippen molar-refractivity contribution in [1.29, 1.82) is 0 Å². The van der Waals surface area contributed by atoms with E-state index in [1.54, 1.807) is 0 Å². The summed E-state index contributed by atoms with van der Waals surface area (Å²) in [6.07, 6.45) is 7.34. The summed E-state index contributed by atoms with van der Waals surface area (Å²) in [6, 6.07) is 0.745. The first-order chi connectivity index (χ1) is 5.47. The second-order valence-electron chi connectivity index (χ2n) is 3.58. The molecular weight excluding hydrogens is 136 g/mol. The van der Waals surface area contributed by atoms with Gasteiger partial charge in [-0.15, -0.1) is 0 Å². The molecule has 2 heteroatoms. The number of aliphatic imine (C=N–C) groups is 1. The minimum Gasteiger partial charge on any atom is -0.313 e. The maximum Gasteiger partial charge on any atom is 0.0388 e. The van der Waals surface area contributed by atoms with Gasteiger partial charge in [0.05, 0.1) is 0 Å². The van der Waals surface area contributed by atoms with Gasteiger partial charge in [-0.1, -0.05) is 0 Å². The summed E-state index contributed by atoms with van der Waals surface area (Å²) >= 11 is 0. The SMILES string of the molecule is C1=NCCC2CCCNC2C1. The fourth-order valence-corrected chi connectivity index (χ4v) is 2.16. The van der Waals surface area contributed by atoms with Crippen molar-refractivity contribution in [3.63, 3.8) is 0 Å². The smallest absolute Gasteiger partial charge is 0.0388 e. The van der Waals surface area contributed by atoms with E-state index >= 15 is 0 Å². The fraction of sp³-hybridized carbons (Fsp3) is 0.889. The third-order valence-corrected chi connectivity index (χ3v) is 2.84. The lowest BCUT2D eigenvalue weighted by Gasteiger charge is -2.30. The number of rotatable bonds is 0. The van der Waals surface area contributed by atoms with Crippen LogP contribution in [0, 0.1) is 5.92 Å². The molecule has 2 aliphatic rings. The van der Waals surface area contributed by atoms with Gasteiger partial charge in [0, 0.05) is 18.8 Å². The maximum atomic E-state index is 4.33. The van der Waals surface area contributed by atoms with Gasteiger partial charge >= 0.3 is 0 Å². The molecular formula is C9H16N2. The zero-order chi connectivity index (χ0) is 7.52. The Labute approximate surface area is 68.1 Å². The van der Waals surface area contributed by atoms with Crippen molar-refractivity contribution in [2.45, 2.75) is 31.7 Å². The van der Waals surface area contributed by atoms with Crippen LogP contribution in [0.5, 0.6) is 0 Å². The fourth-order valence-electron chi connectivity index (χ4n) is 2.16. The van der Waals surface area contributed by atoms with E-state index in [0.717, 1.165) is 24.9 Å². The van der Waals surface area contributed by atoms with E-state index in [-0.39, 0.29) is 0 Å². The van der Waals surface area contributed by atoms with Crippen LogP contribution in [0.4, 0.5) is 0 Å². The molecule has 1 N–H and O–H groups in total. The van der Waals surface area contributed by atoms with Crippen LogP contribution in [-0.2, 0) is 0 Å². The topological polar surface area (TPSA) is 24.4 Å². The van der Waals surface area contributed by atoms with Crippen molar-refractivity contribution in [2.24, 2.45) is 10.9 Å². The van der Waals surface area contributed by atoms with Crippen LogP contribution in [0.25, 0.3) is 0 Å². The summed E-state index contributed by atoms with van der Waals surface area (Å²) in [5.74, 6) is 0.909. The standard InChI is InChI=1S/C9H16N2/c1-2-8-3-6-10-7-4-9(8)11-5-1/h7-9,11H,1-6H2. The van der Waals surface area contributed by atoms with Gasteiger partial charge in [0.25, 0.3) is 0 Å². The lowest BCUT2D eigenvalue weighted by molar-refractivity contribution is 0.280. The van der Waals surface area contributed by atoms with Crippen LogP contribution < -0.4 is 5.32 Å². The molecule has 0 saturated carbocycles. The van der Waals surface area contributed by atoms with Gasteiger partial charge < -0.3 is 5.32 Å². The lowest BCUT2D eigenvalue weighted by Crippen LogP contribution is -2.41. The van der Waals surface area contributed by atoms with Crippen molar-refractivity contribution in [3.8, 4) is 0 Å². The molecule has 2 aliphatic heterocycles. The molecule has 0 aromatic carbocycles. The van der Waals surface area contributed by atoms with E-state index < -0.39 is 0 Å². The first-order valence-corrected chi connectivity index (χ1v) is 4.68. The summed E-state index contributed by atoms with van der Waals surface area (Å²) in [7, 11) is 0. The molecule has 0 aromatic heterocycles. The summed E-state index contributed by atoms with van der Waals surface area (Å²) in [4.78, 5) is 4.33. The summed E-state index contributed by atoms with van der Waals surface area (Å²) < 4.78 is 0. The highest BCUT2D eigenvalue weighted by Gasteiger charge is 2.24. The van der Waals surface area contributed by atoms with Gasteiger partial charge in [0.15, 0.2) is 0 Å². The largest absolute Gasteiger partial charge is 0.313 e. The molecule has 0 radical (unpaired) electrons. The van der Waals surface area contributed by atoms with Crippen LogP contribution in [0.15, 0.2) is 4.99 Å². The third-order valence-electron chi connectivity index (χ3n) is 2.84. The van der Waals surface area contributed by atoms with Crippen LogP contribution in [-0.4, -0.2) is 25.3 Å². The van der Waals surface area contributed by atoms with Crippen molar-refractivity contribution in [2.75, 3.05) is 13.1 Å². The average molecular weight is 152 g/mol. The zero-order valence-electron chi connectivity index (χ0n) is 6.92. The third kappa shape index (κ3) is 1.62. The van der Waals surface area contributed by atoms with Crippen LogP contribution in [0.3, 0.4) is 0 Å². The minimum absolute atomic E-state index is 0.745. The van der Waals surface area contributed by atoms with Gasteiger partial charge in [-0.2, -0.15) is 0 Å². The maximum absolute atomic E-state index is 4.33. The van der Waals surface area contributed by atoms with Gasteiger partial charge in [-0.3, -0.25) is 4.99 Å². The summed E-state index contributed by atoms with van der Waals surface area (Å²) in [5.41, 5.74) is 0. The lowest BCUT2D eigenvalue weighted by atomic mass is 9.87. The number of nitrogens with one attached hydrogen (secondary N) is 1. The summed E-state index contributed by atoms with van der Waals surface area (Å²) in [6.45, 7) is 2.28. The molecule has 2 rings (SSSR count). The number of nitrogens with zero attached hydrogens (tertiary/aromatic N) is 1. The van der Waals surface area contributed by atoms with Crippen LogP contribution in [0.2, 0.25) is 0 Å². The Kier molecular flexibility index (Phi) is 2.22. The molecule has 0 aromatic rings. The molecule has 0 bridgehead atoms. The Balaban J connectivity index is 1.98. The van der Waals surface area contributed by atoms with E-state index in [1.165, 1.54) is 25.8 Å². The number of piperidine rings is 1. The van der Waals surface area contributed by atoms with Crippen LogP contribution in [0.1, 0.15) is 25.7 Å².